The second-order valence-corrected chi connectivity index (χ2v) is 6.47. The molecule has 2 aromatic carbocycles. The topological polar surface area (TPSA) is 58.5 Å². The normalized spacial score (nSPS) is 10.8. The Morgan fingerprint density at radius 1 is 1.00 bits per heavy atom. The number of hydrogen-bond acceptors (Lipinski definition) is 3. The van der Waals surface area contributed by atoms with Crippen molar-refractivity contribution >= 4 is 29.9 Å². The van der Waals surface area contributed by atoms with E-state index >= 15 is 0 Å². The zero-order valence-electron chi connectivity index (χ0n) is 16.8. The molecule has 0 amide bonds. The smallest absolute Gasteiger partial charge is 0.218 e. The number of ether oxygens (including phenoxy) is 1. The largest absolute Gasteiger partial charge is 0.473 e. The van der Waals surface area contributed by atoms with Crippen LogP contribution in [0.5, 0.6) is 5.88 Å². The number of pyridine rings is 1. The highest BCUT2D eigenvalue weighted by Crippen LogP contribution is 2.16. The molecule has 0 bridgehead atoms. The summed E-state index contributed by atoms with van der Waals surface area (Å²) in [5.41, 5.74) is 2.97. The van der Waals surface area contributed by atoms with Crippen LogP contribution in [0, 0.1) is 5.82 Å². The van der Waals surface area contributed by atoms with E-state index in [9.17, 15) is 4.39 Å². The van der Waals surface area contributed by atoms with Gasteiger partial charge in [0.15, 0.2) is 5.96 Å². The molecule has 0 atom stereocenters. The monoisotopic (exact) mass is 520 g/mol. The lowest BCUT2D eigenvalue weighted by molar-refractivity contribution is 0.290. The molecule has 0 saturated heterocycles. The predicted octanol–water partition coefficient (Wildman–Crippen LogP) is 4.33. The maximum atomic E-state index is 13.3. The molecule has 5 nitrogen and oxygen atoms in total. The molecule has 0 saturated carbocycles. The lowest BCUT2D eigenvalue weighted by Crippen LogP contribution is -2.38. The Bertz CT molecular complexity index is 937. The van der Waals surface area contributed by atoms with Gasteiger partial charge in [-0.05, 0) is 35.7 Å². The minimum Gasteiger partial charge on any atom is -0.473 e. The van der Waals surface area contributed by atoms with Crippen LogP contribution < -0.4 is 15.4 Å². The fourth-order valence-electron chi connectivity index (χ4n) is 2.83. The average molecular weight is 520 g/mol. The first kappa shape index (κ1) is 23.6. The van der Waals surface area contributed by atoms with Gasteiger partial charge in [0, 0.05) is 31.9 Å². The van der Waals surface area contributed by atoms with Crippen LogP contribution in [0.4, 0.5) is 4.39 Å². The maximum Gasteiger partial charge on any atom is 0.218 e. The predicted molar refractivity (Wildman–Crippen MR) is 129 cm³/mol. The molecule has 7 heteroatoms. The van der Waals surface area contributed by atoms with Gasteiger partial charge in [0.1, 0.15) is 12.4 Å². The van der Waals surface area contributed by atoms with Gasteiger partial charge in [-0.1, -0.05) is 48.5 Å². The Kier molecular flexibility index (Phi) is 10.1. The van der Waals surface area contributed by atoms with Gasteiger partial charge < -0.3 is 15.4 Å². The van der Waals surface area contributed by atoms with Crippen molar-refractivity contribution in [2.45, 2.75) is 19.6 Å². The summed E-state index contributed by atoms with van der Waals surface area (Å²) >= 11 is 0. The Hall–Kier alpha value is -2.68. The van der Waals surface area contributed by atoms with Crippen molar-refractivity contribution in [1.29, 1.82) is 0 Å². The highest BCUT2D eigenvalue weighted by atomic mass is 127. The summed E-state index contributed by atoms with van der Waals surface area (Å²) in [4.78, 5) is 8.58. The third-order valence-electron chi connectivity index (χ3n) is 4.33. The fraction of sp³-hybridized carbons (Fsp3) is 0.217. The molecule has 3 rings (SSSR count). The van der Waals surface area contributed by atoms with Crippen molar-refractivity contribution in [1.82, 2.24) is 15.6 Å². The third-order valence-corrected chi connectivity index (χ3v) is 4.33. The van der Waals surface area contributed by atoms with Gasteiger partial charge in [-0.3, -0.25) is 4.99 Å². The van der Waals surface area contributed by atoms with Crippen LogP contribution in [0.15, 0.2) is 77.9 Å². The van der Waals surface area contributed by atoms with E-state index in [1.54, 1.807) is 25.4 Å². The van der Waals surface area contributed by atoms with Crippen LogP contribution in [0.1, 0.15) is 16.7 Å². The van der Waals surface area contributed by atoms with Crippen LogP contribution in [0.3, 0.4) is 0 Å². The third kappa shape index (κ3) is 7.62. The summed E-state index contributed by atoms with van der Waals surface area (Å²) in [6, 6.07) is 20.5. The highest BCUT2D eigenvalue weighted by Gasteiger charge is 2.07. The first-order chi connectivity index (χ1) is 14.2. The average Bonchev–Trinajstić information content (AvgIpc) is 2.76. The molecule has 30 heavy (non-hydrogen) atoms. The Morgan fingerprint density at radius 2 is 1.80 bits per heavy atom. The molecule has 0 fully saturated rings. The summed E-state index contributed by atoms with van der Waals surface area (Å²) in [5.74, 6) is 1.04. The number of nitrogens with one attached hydrogen (secondary N) is 2. The Morgan fingerprint density at radius 3 is 2.57 bits per heavy atom. The van der Waals surface area contributed by atoms with Crippen molar-refractivity contribution in [3.63, 3.8) is 0 Å². The zero-order chi connectivity index (χ0) is 20.3. The fourth-order valence-corrected chi connectivity index (χ4v) is 2.83. The number of guanidine groups is 1. The van der Waals surface area contributed by atoms with Gasteiger partial charge in [0.25, 0.3) is 0 Å². The van der Waals surface area contributed by atoms with Crippen LogP contribution in [0.25, 0.3) is 0 Å². The molecule has 0 aliphatic rings. The van der Waals surface area contributed by atoms with Gasteiger partial charge in [-0.15, -0.1) is 24.0 Å². The molecule has 158 valence electrons. The summed E-state index contributed by atoms with van der Waals surface area (Å²) < 4.78 is 19.2. The summed E-state index contributed by atoms with van der Waals surface area (Å²) in [6.07, 6.45) is 2.42. The molecule has 2 N–H and O–H groups in total. The highest BCUT2D eigenvalue weighted by molar-refractivity contribution is 14.0. The van der Waals surface area contributed by atoms with Crippen LogP contribution in [0.2, 0.25) is 0 Å². The minimum atomic E-state index is -0.218. The van der Waals surface area contributed by atoms with Crippen molar-refractivity contribution in [3.05, 3.63) is 95.4 Å². The second kappa shape index (κ2) is 12.8. The first-order valence-corrected chi connectivity index (χ1v) is 9.54. The lowest BCUT2D eigenvalue weighted by atomic mass is 10.1. The van der Waals surface area contributed by atoms with Crippen molar-refractivity contribution < 1.29 is 9.13 Å². The number of aliphatic imine (C=N–C) groups is 1. The van der Waals surface area contributed by atoms with E-state index in [0.29, 0.717) is 38.0 Å². The van der Waals surface area contributed by atoms with Gasteiger partial charge in [-0.2, -0.15) is 0 Å². The summed E-state index contributed by atoms with van der Waals surface area (Å²) in [5, 5.41) is 6.51. The van der Waals surface area contributed by atoms with Gasteiger partial charge in [-0.25, -0.2) is 9.37 Å². The maximum absolute atomic E-state index is 13.3. The Balaban J connectivity index is 0.00000320. The van der Waals surface area contributed by atoms with Gasteiger partial charge in [0.2, 0.25) is 5.88 Å². The van der Waals surface area contributed by atoms with E-state index in [0.717, 1.165) is 16.7 Å². The first-order valence-electron chi connectivity index (χ1n) is 9.54. The molecule has 0 radical (unpaired) electrons. The molecule has 3 aromatic rings. The van der Waals surface area contributed by atoms with Crippen LogP contribution in [-0.4, -0.2) is 24.5 Å². The van der Waals surface area contributed by atoms with E-state index in [2.05, 4.69) is 20.6 Å². The number of rotatable bonds is 8. The summed E-state index contributed by atoms with van der Waals surface area (Å²) in [7, 11) is 1.72. The summed E-state index contributed by atoms with van der Waals surface area (Å²) in [6.45, 7) is 1.64. The number of aromatic nitrogens is 1. The van der Waals surface area contributed by atoms with Crippen molar-refractivity contribution in [2.24, 2.45) is 4.99 Å². The number of hydrogen-bond donors (Lipinski definition) is 2. The molecule has 1 aromatic heterocycles. The van der Waals surface area contributed by atoms with E-state index < -0.39 is 0 Å². The molecule has 0 aliphatic heterocycles. The van der Waals surface area contributed by atoms with Crippen LogP contribution >= 0.6 is 24.0 Å². The standard InChI is InChI=1S/C23H25FN4O.HI/c1-25-23(27-14-12-18-9-5-11-21(24)15-18)28-16-20-10-6-13-26-22(20)29-17-19-7-3-2-4-8-19;/h2-11,13,15H,12,14,16-17H2,1H3,(H2,25,27,28);1H. The van der Waals surface area contributed by atoms with Crippen LogP contribution in [-0.2, 0) is 19.6 Å². The van der Waals surface area contributed by atoms with Gasteiger partial charge >= 0.3 is 0 Å². The van der Waals surface area contributed by atoms with Crippen molar-refractivity contribution in [2.75, 3.05) is 13.6 Å². The quantitative estimate of drug-likeness (QED) is 0.264. The molecular formula is C23H26FIN4O. The molecule has 1 heterocycles. The molecule has 0 spiro atoms. The molecule has 0 aliphatic carbocycles. The minimum absolute atomic E-state index is 0. The second-order valence-electron chi connectivity index (χ2n) is 6.47. The van der Waals surface area contributed by atoms with E-state index in [1.165, 1.54) is 6.07 Å². The Labute approximate surface area is 193 Å². The number of benzene rings is 2. The van der Waals surface area contributed by atoms with E-state index in [-0.39, 0.29) is 29.8 Å². The van der Waals surface area contributed by atoms with Crippen molar-refractivity contribution in [3.8, 4) is 5.88 Å². The SMILES string of the molecule is CN=C(NCCc1cccc(F)c1)NCc1cccnc1OCc1ccccc1.I. The molecular weight excluding hydrogens is 494 g/mol. The van der Waals surface area contributed by atoms with E-state index in [4.69, 9.17) is 4.74 Å². The van der Waals surface area contributed by atoms with Gasteiger partial charge in [0.05, 0.1) is 0 Å². The number of nitrogens with zero attached hydrogens (tertiary/aromatic N) is 2. The zero-order valence-corrected chi connectivity index (χ0v) is 19.2. The van der Waals surface area contributed by atoms with E-state index in [1.807, 2.05) is 48.5 Å². The lowest BCUT2D eigenvalue weighted by Gasteiger charge is -2.14. The molecule has 0 unspecified atom stereocenters. The number of halogens is 2.